The molecule has 18 heavy (non-hydrogen) atoms. The van der Waals surface area contributed by atoms with Gasteiger partial charge in [-0.05, 0) is 68.9 Å². The van der Waals surface area contributed by atoms with Gasteiger partial charge in [0.1, 0.15) is 0 Å². The molecule has 104 valence electrons. The summed E-state index contributed by atoms with van der Waals surface area (Å²) >= 11 is 0. The van der Waals surface area contributed by atoms with Crippen molar-refractivity contribution in [3.05, 3.63) is 0 Å². The lowest BCUT2D eigenvalue weighted by Gasteiger charge is -2.23. The summed E-state index contributed by atoms with van der Waals surface area (Å²) < 4.78 is 27.0. The Hall–Kier alpha value is -0.130. The van der Waals surface area contributed by atoms with Crippen molar-refractivity contribution in [1.82, 2.24) is 10.0 Å². The Bertz CT molecular complexity index is 393. The molecule has 2 saturated carbocycles. The molecule has 1 atom stereocenters. The molecule has 3 rings (SSSR count). The lowest BCUT2D eigenvalue weighted by molar-refractivity contribution is 0.398. The molecular weight excluding hydrogens is 248 g/mol. The second-order valence-corrected chi connectivity index (χ2v) is 8.30. The van der Waals surface area contributed by atoms with E-state index in [1.54, 1.807) is 0 Å². The molecule has 3 aliphatic rings. The molecule has 0 aromatic carbocycles. The zero-order valence-electron chi connectivity index (χ0n) is 11.0. The molecule has 0 spiro atoms. The molecule has 0 bridgehead atoms. The molecule has 3 fully saturated rings. The van der Waals surface area contributed by atoms with Gasteiger partial charge >= 0.3 is 0 Å². The zero-order chi connectivity index (χ0) is 12.6. The normalized spacial score (nSPS) is 31.2. The molecule has 1 heterocycles. The highest BCUT2D eigenvalue weighted by Gasteiger charge is 2.53. The van der Waals surface area contributed by atoms with Crippen LogP contribution in [0.25, 0.3) is 0 Å². The van der Waals surface area contributed by atoms with E-state index >= 15 is 0 Å². The lowest BCUT2D eigenvalue weighted by atomic mass is 10.0. The Kier molecular flexibility index (Phi) is 3.41. The van der Waals surface area contributed by atoms with Gasteiger partial charge in [-0.25, -0.2) is 13.1 Å². The largest absolute Gasteiger partial charge is 0.316 e. The second kappa shape index (κ2) is 4.76. The molecule has 0 aromatic rings. The summed E-state index contributed by atoms with van der Waals surface area (Å²) in [5.41, 5.74) is 0.359. The minimum absolute atomic E-state index is 0.298. The standard InChI is InChI=1S/C13H24N2O2S/c16-18(17,9-11-2-1-7-14-8-11)15-10-13(5-6-13)12-3-4-12/h11-12,14-15H,1-10H2. The SMILES string of the molecule is O=S(=O)(CC1CCCNC1)NCC1(C2CC2)CC1. The van der Waals surface area contributed by atoms with E-state index in [2.05, 4.69) is 10.0 Å². The van der Waals surface area contributed by atoms with Crippen LogP contribution < -0.4 is 10.0 Å². The maximum atomic E-state index is 12.1. The maximum Gasteiger partial charge on any atom is 0.211 e. The molecule has 2 aliphatic carbocycles. The third-order valence-electron chi connectivity index (χ3n) is 4.83. The van der Waals surface area contributed by atoms with Crippen LogP contribution >= 0.6 is 0 Å². The number of nitrogens with one attached hydrogen (secondary N) is 2. The quantitative estimate of drug-likeness (QED) is 0.761. The van der Waals surface area contributed by atoms with Crippen molar-refractivity contribution in [3.63, 3.8) is 0 Å². The van der Waals surface area contributed by atoms with Gasteiger partial charge in [0.25, 0.3) is 0 Å². The smallest absolute Gasteiger partial charge is 0.211 e. The van der Waals surface area contributed by atoms with E-state index in [1.165, 1.54) is 25.7 Å². The summed E-state index contributed by atoms with van der Waals surface area (Å²) in [4.78, 5) is 0. The second-order valence-electron chi connectivity index (χ2n) is 6.45. The summed E-state index contributed by atoms with van der Waals surface area (Å²) in [5, 5.41) is 3.28. The van der Waals surface area contributed by atoms with Crippen LogP contribution in [0.1, 0.15) is 38.5 Å². The molecule has 1 unspecified atom stereocenters. The molecule has 0 amide bonds. The van der Waals surface area contributed by atoms with Gasteiger partial charge < -0.3 is 5.32 Å². The molecule has 1 aliphatic heterocycles. The molecule has 0 radical (unpaired) electrons. The van der Waals surface area contributed by atoms with Crippen LogP contribution in [-0.2, 0) is 10.0 Å². The van der Waals surface area contributed by atoms with Crippen LogP contribution in [0.5, 0.6) is 0 Å². The van der Waals surface area contributed by atoms with Gasteiger partial charge in [-0.3, -0.25) is 0 Å². The Labute approximate surface area is 110 Å². The van der Waals surface area contributed by atoms with Crippen LogP contribution in [-0.4, -0.2) is 33.8 Å². The number of rotatable bonds is 6. The summed E-state index contributed by atoms with van der Waals surface area (Å²) in [7, 11) is -3.07. The fourth-order valence-electron chi connectivity index (χ4n) is 3.27. The number of hydrogen-bond donors (Lipinski definition) is 2. The predicted molar refractivity (Wildman–Crippen MR) is 71.8 cm³/mol. The van der Waals surface area contributed by atoms with Crippen LogP contribution in [0, 0.1) is 17.3 Å². The van der Waals surface area contributed by atoms with Crippen molar-refractivity contribution >= 4 is 10.0 Å². The maximum absolute atomic E-state index is 12.1. The molecular formula is C13H24N2O2S. The van der Waals surface area contributed by atoms with Crippen LogP contribution in [0.4, 0.5) is 0 Å². The predicted octanol–water partition coefficient (Wildman–Crippen LogP) is 1.10. The Morgan fingerprint density at radius 1 is 1.22 bits per heavy atom. The van der Waals surface area contributed by atoms with Gasteiger partial charge in [0, 0.05) is 6.54 Å². The number of sulfonamides is 1. The average Bonchev–Trinajstić information content (AvgIpc) is 3.20. The van der Waals surface area contributed by atoms with E-state index in [4.69, 9.17) is 0 Å². The van der Waals surface area contributed by atoms with Gasteiger partial charge in [-0.1, -0.05) is 0 Å². The van der Waals surface area contributed by atoms with Gasteiger partial charge in [0.05, 0.1) is 5.75 Å². The fourth-order valence-corrected chi connectivity index (χ4v) is 4.81. The van der Waals surface area contributed by atoms with Gasteiger partial charge in [-0.2, -0.15) is 0 Å². The first kappa shape index (κ1) is 12.9. The lowest BCUT2D eigenvalue weighted by Crippen LogP contribution is -2.39. The first-order chi connectivity index (χ1) is 8.60. The molecule has 1 saturated heterocycles. The number of hydrogen-bond acceptors (Lipinski definition) is 3. The molecule has 5 heteroatoms. The van der Waals surface area contributed by atoms with E-state index in [9.17, 15) is 8.42 Å². The molecule has 2 N–H and O–H groups in total. The highest BCUT2D eigenvalue weighted by atomic mass is 32.2. The Balaban J connectivity index is 1.48. The topological polar surface area (TPSA) is 58.2 Å². The third-order valence-corrected chi connectivity index (χ3v) is 6.33. The fraction of sp³-hybridized carbons (Fsp3) is 1.00. The summed E-state index contributed by atoms with van der Waals surface area (Å²) in [5.74, 6) is 1.42. The zero-order valence-corrected chi connectivity index (χ0v) is 11.8. The van der Waals surface area contributed by atoms with Gasteiger partial charge in [0.2, 0.25) is 10.0 Å². The Morgan fingerprint density at radius 2 is 2.00 bits per heavy atom. The summed E-state index contributed by atoms with van der Waals surface area (Å²) in [6, 6.07) is 0. The minimum atomic E-state index is -3.07. The van der Waals surface area contributed by atoms with Crippen molar-refractivity contribution < 1.29 is 8.42 Å². The first-order valence-electron chi connectivity index (χ1n) is 7.28. The average molecular weight is 272 g/mol. The highest BCUT2D eigenvalue weighted by Crippen LogP contribution is 2.60. The van der Waals surface area contributed by atoms with E-state index in [1.807, 2.05) is 0 Å². The highest BCUT2D eigenvalue weighted by molar-refractivity contribution is 7.89. The minimum Gasteiger partial charge on any atom is -0.316 e. The van der Waals surface area contributed by atoms with Gasteiger partial charge in [-0.15, -0.1) is 0 Å². The van der Waals surface area contributed by atoms with Crippen LogP contribution in [0.3, 0.4) is 0 Å². The number of piperidine rings is 1. The van der Waals surface area contributed by atoms with Crippen molar-refractivity contribution in [2.24, 2.45) is 17.3 Å². The Morgan fingerprint density at radius 3 is 2.56 bits per heavy atom. The van der Waals surface area contributed by atoms with E-state index in [0.717, 1.165) is 31.8 Å². The van der Waals surface area contributed by atoms with E-state index in [-0.39, 0.29) is 0 Å². The first-order valence-corrected chi connectivity index (χ1v) is 8.93. The monoisotopic (exact) mass is 272 g/mol. The van der Waals surface area contributed by atoms with E-state index < -0.39 is 10.0 Å². The van der Waals surface area contributed by atoms with Crippen LogP contribution in [0.2, 0.25) is 0 Å². The van der Waals surface area contributed by atoms with Crippen molar-refractivity contribution in [1.29, 1.82) is 0 Å². The van der Waals surface area contributed by atoms with E-state index in [0.29, 0.717) is 23.6 Å². The van der Waals surface area contributed by atoms with Crippen LogP contribution in [0.15, 0.2) is 0 Å². The van der Waals surface area contributed by atoms with Crippen molar-refractivity contribution in [2.75, 3.05) is 25.4 Å². The molecule has 4 nitrogen and oxygen atoms in total. The van der Waals surface area contributed by atoms with Crippen molar-refractivity contribution in [2.45, 2.75) is 38.5 Å². The molecule has 0 aromatic heterocycles. The van der Waals surface area contributed by atoms with Gasteiger partial charge in [0.15, 0.2) is 0 Å². The van der Waals surface area contributed by atoms with Crippen molar-refractivity contribution in [3.8, 4) is 0 Å². The summed E-state index contributed by atoms with van der Waals surface area (Å²) in [6.07, 6.45) is 7.23. The summed E-state index contributed by atoms with van der Waals surface area (Å²) in [6.45, 7) is 2.59. The third kappa shape index (κ3) is 3.06.